The molecule has 104 valence electrons. The molecule has 2 nitrogen and oxygen atoms in total. The normalized spacial score (nSPS) is 21.4. The van der Waals surface area contributed by atoms with Crippen molar-refractivity contribution in [2.24, 2.45) is 0 Å². The number of hydrogen-bond acceptors (Lipinski definition) is 2. The standard InChI is InChI=1S/C17H19O2P/c1-17(2,3)20(18)12-19-15-11-7-10-14(16(15)20)13-8-5-4-6-9-13/h4-11H,12H2,1-3H3. The summed E-state index contributed by atoms with van der Waals surface area (Å²) in [6.45, 7) is 6.11. The third kappa shape index (κ3) is 1.91. The molecule has 0 fully saturated rings. The van der Waals surface area contributed by atoms with Crippen LogP contribution in [0, 0.1) is 0 Å². The lowest BCUT2D eigenvalue weighted by molar-refractivity contribution is 0.389. The number of ether oxygens (including phenoxy) is 1. The van der Waals surface area contributed by atoms with Gasteiger partial charge < -0.3 is 9.30 Å². The van der Waals surface area contributed by atoms with Gasteiger partial charge in [-0.15, -0.1) is 0 Å². The van der Waals surface area contributed by atoms with Crippen molar-refractivity contribution < 1.29 is 9.30 Å². The first-order chi connectivity index (χ1) is 9.43. The van der Waals surface area contributed by atoms with Crippen LogP contribution < -0.4 is 10.0 Å². The lowest BCUT2D eigenvalue weighted by Crippen LogP contribution is -2.23. The van der Waals surface area contributed by atoms with Gasteiger partial charge in [0, 0.05) is 5.16 Å². The smallest absolute Gasteiger partial charge is 0.160 e. The molecule has 0 spiro atoms. The molecule has 1 aliphatic rings. The van der Waals surface area contributed by atoms with Crippen LogP contribution >= 0.6 is 7.14 Å². The van der Waals surface area contributed by atoms with Crippen molar-refractivity contribution in [2.75, 3.05) is 6.35 Å². The monoisotopic (exact) mass is 286 g/mol. The fraction of sp³-hybridized carbons (Fsp3) is 0.294. The topological polar surface area (TPSA) is 26.3 Å². The Bertz CT molecular complexity index is 684. The third-order valence-electron chi connectivity index (χ3n) is 3.93. The first-order valence-electron chi connectivity index (χ1n) is 6.84. The van der Waals surface area contributed by atoms with Gasteiger partial charge in [-0.3, -0.25) is 0 Å². The number of fused-ring (bicyclic) bond motifs is 1. The van der Waals surface area contributed by atoms with E-state index in [-0.39, 0.29) is 5.16 Å². The quantitative estimate of drug-likeness (QED) is 0.722. The molecule has 0 bridgehead atoms. The highest BCUT2D eigenvalue weighted by atomic mass is 31.2. The Kier molecular flexibility index (Phi) is 3.02. The Labute approximate surface area is 120 Å². The highest BCUT2D eigenvalue weighted by Gasteiger charge is 2.46. The minimum absolute atomic E-state index is 0.289. The zero-order valence-corrected chi connectivity index (χ0v) is 13.0. The van der Waals surface area contributed by atoms with Crippen LogP contribution in [-0.4, -0.2) is 11.5 Å². The van der Waals surface area contributed by atoms with E-state index in [1.165, 1.54) is 0 Å². The van der Waals surface area contributed by atoms with Crippen LogP contribution in [0.4, 0.5) is 0 Å². The molecule has 1 unspecified atom stereocenters. The van der Waals surface area contributed by atoms with E-state index in [9.17, 15) is 4.57 Å². The molecular weight excluding hydrogens is 267 g/mol. The van der Waals surface area contributed by atoms with Crippen molar-refractivity contribution in [1.29, 1.82) is 0 Å². The lowest BCUT2D eigenvalue weighted by atomic mass is 10.1. The van der Waals surface area contributed by atoms with E-state index < -0.39 is 7.14 Å². The van der Waals surface area contributed by atoms with Crippen LogP contribution in [0.2, 0.25) is 0 Å². The van der Waals surface area contributed by atoms with E-state index in [1.807, 2.05) is 57.2 Å². The maximum atomic E-state index is 13.5. The maximum Gasteiger partial charge on any atom is 0.160 e. The molecule has 3 rings (SSSR count). The van der Waals surface area contributed by atoms with Crippen LogP contribution in [0.15, 0.2) is 48.5 Å². The van der Waals surface area contributed by atoms with Gasteiger partial charge in [-0.1, -0.05) is 63.2 Å². The molecule has 0 aliphatic carbocycles. The molecule has 0 radical (unpaired) electrons. The molecule has 0 aromatic heterocycles. The Morgan fingerprint density at radius 2 is 1.70 bits per heavy atom. The van der Waals surface area contributed by atoms with Crippen LogP contribution in [0.1, 0.15) is 20.8 Å². The maximum absolute atomic E-state index is 13.5. The van der Waals surface area contributed by atoms with Gasteiger partial charge in [0.2, 0.25) is 0 Å². The van der Waals surface area contributed by atoms with Gasteiger partial charge in [-0.05, 0) is 17.2 Å². The van der Waals surface area contributed by atoms with E-state index in [4.69, 9.17) is 4.74 Å². The summed E-state index contributed by atoms with van der Waals surface area (Å²) in [7, 11) is -2.57. The van der Waals surface area contributed by atoms with E-state index >= 15 is 0 Å². The van der Waals surface area contributed by atoms with Crippen molar-refractivity contribution in [3.63, 3.8) is 0 Å². The molecule has 1 aliphatic heterocycles. The van der Waals surface area contributed by atoms with E-state index in [2.05, 4.69) is 12.1 Å². The van der Waals surface area contributed by atoms with E-state index in [0.717, 1.165) is 22.2 Å². The number of benzene rings is 2. The summed E-state index contributed by atoms with van der Waals surface area (Å²) in [5, 5.41) is 0.627. The predicted molar refractivity (Wildman–Crippen MR) is 84.4 cm³/mol. The van der Waals surface area contributed by atoms with E-state index in [1.54, 1.807) is 0 Å². The molecule has 0 saturated heterocycles. The zero-order chi connectivity index (χ0) is 14.4. The molecule has 2 aromatic carbocycles. The zero-order valence-electron chi connectivity index (χ0n) is 12.1. The molecule has 1 atom stereocenters. The van der Waals surface area contributed by atoms with Crippen LogP contribution in [-0.2, 0) is 4.57 Å². The second kappa shape index (κ2) is 4.49. The second-order valence-electron chi connectivity index (χ2n) is 6.20. The summed E-state index contributed by atoms with van der Waals surface area (Å²) < 4.78 is 19.3. The van der Waals surface area contributed by atoms with Gasteiger partial charge in [0.25, 0.3) is 0 Å². The first kappa shape index (κ1) is 13.5. The molecule has 0 N–H and O–H groups in total. The summed E-state index contributed by atoms with van der Waals surface area (Å²) in [6.07, 6.45) is 0.315. The van der Waals surface area contributed by atoms with Crippen LogP contribution in [0.25, 0.3) is 11.1 Å². The Hall–Kier alpha value is -1.53. The largest absolute Gasteiger partial charge is 0.485 e. The summed E-state index contributed by atoms with van der Waals surface area (Å²) in [5.41, 5.74) is 2.14. The SMILES string of the molecule is CC(C)(C)P1(=O)COc2cccc(-c3ccccc3)c21. The van der Waals surface area contributed by atoms with Gasteiger partial charge in [0.15, 0.2) is 7.14 Å². The minimum Gasteiger partial charge on any atom is -0.485 e. The summed E-state index contributed by atoms with van der Waals surface area (Å²) in [5.74, 6) is 0.782. The average Bonchev–Trinajstić information content (AvgIpc) is 2.79. The predicted octanol–water partition coefficient (Wildman–Crippen LogP) is 4.49. The summed E-state index contributed by atoms with van der Waals surface area (Å²) in [4.78, 5) is 0. The van der Waals surface area contributed by atoms with Crippen LogP contribution in [0.3, 0.4) is 0 Å². The van der Waals surface area contributed by atoms with Crippen molar-refractivity contribution in [2.45, 2.75) is 25.9 Å². The fourth-order valence-corrected chi connectivity index (χ4v) is 5.21. The molecular formula is C17H19O2P. The molecule has 2 aromatic rings. The van der Waals surface area contributed by atoms with E-state index in [0.29, 0.717) is 6.35 Å². The third-order valence-corrected chi connectivity index (χ3v) is 7.77. The lowest BCUT2D eigenvalue weighted by Gasteiger charge is -2.27. The first-order valence-corrected chi connectivity index (χ1v) is 8.74. The molecule has 0 amide bonds. The average molecular weight is 286 g/mol. The van der Waals surface area contributed by atoms with Gasteiger partial charge in [0.05, 0.1) is 5.30 Å². The van der Waals surface area contributed by atoms with Gasteiger partial charge in [-0.25, -0.2) is 0 Å². The molecule has 1 heterocycles. The van der Waals surface area contributed by atoms with Crippen LogP contribution in [0.5, 0.6) is 5.75 Å². The Morgan fingerprint density at radius 3 is 2.35 bits per heavy atom. The second-order valence-corrected chi connectivity index (χ2v) is 9.73. The van der Waals surface area contributed by atoms with Gasteiger partial charge in [0.1, 0.15) is 12.1 Å². The highest BCUT2D eigenvalue weighted by molar-refractivity contribution is 7.73. The number of hydrogen-bond donors (Lipinski definition) is 0. The molecule has 20 heavy (non-hydrogen) atoms. The van der Waals surface area contributed by atoms with Crippen molar-refractivity contribution >= 4 is 12.4 Å². The Balaban J connectivity index is 2.28. The highest BCUT2D eigenvalue weighted by Crippen LogP contribution is 2.62. The van der Waals surface area contributed by atoms with Crippen molar-refractivity contribution in [1.82, 2.24) is 0 Å². The fourth-order valence-electron chi connectivity index (χ4n) is 2.62. The number of rotatable bonds is 1. The van der Waals surface area contributed by atoms with Crippen molar-refractivity contribution in [3.8, 4) is 16.9 Å². The molecule has 0 saturated carbocycles. The van der Waals surface area contributed by atoms with Gasteiger partial charge >= 0.3 is 0 Å². The van der Waals surface area contributed by atoms with Gasteiger partial charge in [-0.2, -0.15) is 0 Å². The minimum atomic E-state index is -2.57. The van der Waals surface area contributed by atoms with Crippen molar-refractivity contribution in [3.05, 3.63) is 48.5 Å². The summed E-state index contributed by atoms with van der Waals surface area (Å²) in [6, 6.07) is 16.1. The Morgan fingerprint density at radius 1 is 1.00 bits per heavy atom. The summed E-state index contributed by atoms with van der Waals surface area (Å²) >= 11 is 0. The molecule has 3 heteroatoms.